The predicted molar refractivity (Wildman–Crippen MR) is 42.0 cm³/mol. The van der Waals surface area contributed by atoms with Crippen molar-refractivity contribution in [3.05, 3.63) is 18.2 Å². The molecule has 1 N–H and O–H groups in total. The predicted octanol–water partition coefficient (Wildman–Crippen LogP) is 2.58. The Morgan fingerprint density at radius 2 is 1.92 bits per heavy atom. The molecule has 0 heterocycles. The molecule has 0 aliphatic heterocycles. The smallest absolute Gasteiger partial charge is 0.507 e. The third-order valence-corrected chi connectivity index (χ3v) is 1.56. The zero-order chi connectivity index (χ0) is 10.1. The molecule has 1 rings (SSSR count). The zero-order valence-electron chi connectivity index (χ0n) is 6.17. The number of ether oxygens (including phenoxy) is 1. The average molecular weight is 210 g/mol. The maximum atomic E-state index is 11.7. The molecule has 0 unspecified atom stereocenters. The average Bonchev–Trinajstić information content (AvgIpc) is 1.94. The molecule has 0 saturated heterocycles. The first kappa shape index (κ1) is 10.0. The highest BCUT2D eigenvalue weighted by Crippen LogP contribution is 2.29. The first-order valence-corrected chi connectivity index (χ1v) is 3.61. The molecule has 0 aliphatic rings. The van der Waals surface area contributed by atoms with Crippen molar-refractivity contribution in [3.8, 4) is 11.5 Å². The summed E-state index contributed by atoms with van der Waals surface area (Å²) in [7, 11) is 0. The van der Waals surface area contributed by atoms with Crippen LogP contribution in [0.2, 0.25) is 0 Å². The summed E-state index contributed by atoms with van der Waals surface area (Å²) in [4.78, 5) is 0.189. The van der Waals surface area contributed by atoms with E-state index in [-0.39, 0.29) is 10.6 Å². The number of phenolic OH excluding ortho intramolecular Hbond substituents is 1. The first-order valence-electron chi connectivity index (χ1n) is 3.16. The van der Waals surface area contributed by atoms with E-state index >= 15 is 0 Å². The second-order valence-electron chi connectivity index (χ2n) is 2.20. The summed E-state index contributed by atoms with van der Waals surface area (Å²) < 4.78 is 38.5. The van der Waals surface area contributed by atoms with Crippen molar-refractivity contribution in [1.29, 1.82) is 0 Å². The van der Waals surface area contributed by atoms with Crippen LogP contribution in [-0.2, 0) is 0 Å². The number of benzene rings is 1. The van der Waals surface area contributed by atoms with Gasteiger partial charge in [0.15, 0.2) is 0 Å². The van der Waals surface area contributed by atoms with Gasteiger partial charge in [0, 0.05) is 11.0 Å². The Hall–Kier alpha value is -1.04. The van der Waals surface area contributed by atoms with Gasteiger partial charge in [0.25, 0.3) is 0 Å². The van der Waals surface area contributed by atoms with E-state index in [1.807, 2.05) is 0 Å². The van der Waals surface area contributed by atoms with E-state index < -0.39 is 12.1 Å². The van der Waals surface area contributed by atoms with Crippen LogP contribution >= 0.6 is 12.6 Å². The van der Waals surface area contributed by atoms with Crippen molar-refractivity contribution in [2.45, 2.75) is 11.3 Å². The highest BCUT2D eigenvalue weighted by Gasteiger charge is 2.31. The summed E-state index contributed by atoms with van der Waals surface area (Å²) >= 11 is 3.77. The summed E-state index contributed by atoms with van der Waals surface area (Å²) in [6.45, 7) is 0. The first-order chi connectivity index (χ1) is 5.88. The molecule has 13 heavy (non-hydrogen) atoms. The summed E-state index contributed by atoms with van der Waals surface area (Å²) in [5.41, 5.74) is 0. The SMILES string of the molecule is Oc1cc(OC(F)(F)F)ccc1S. The standard InChI is InChI=1S/C7H5F3O2S/c8-7(9,10)12-4-1-2-6(13)5(11)3-4/h1-3,11,13H. The van der Waals surface area contributed by atoms with Crippen LogP contribution in [0.3, 0.4) is 0 Å². The molecule has 72 valence electrons. The van der Waals surface area contributed by atoms with E-state index in [2.05, 4.69) is 17.4 Å². The fourth-order valence-corrected chi connectivity index (χ4v) is 0.839. The normalized spacial score (nSPS) is 11.4. The molecule has 1 aromatic carbocycles. The Morgan fingerprint density at radius 1 is 1.31 bits per heavy atom. The van der Waals surface area contributed by atoms with Crippen LogP contribution < -0.4 is 4.74 Å². The van der Waals surface area contributed by atoms with Crippen LogP contribution in [0, 0.1) is 0 Å². The molecule has 1 aromatic rings. The van der Waals surface area contributed by atoms with Crippen LogP contribution in [0.1, 0.15) is 0 Å². The molecule has 6 heteroatoms. The van der Waals surface area contributed by atoms with Gasteiger partial charge in [0.05, 0.1) is 0 Å². The molecule has 0 bridgehead atoms. The van der Waals surface area contributed by atoms with Crippen LogP contribution in [0.5, 0.6) is 11.5 Å². The van der Waals surface area contributed by atoms with Gasteiger partial charge >= 0.3 is 6.36 Å². The van der Waals surface area contributed by atoms with E-state index in [1.165, 1.54) is 6.07 Å². The minimum atomic E-state index is -4.75. The molecule has 0 atom stereocenters. The minimum Gasteiger partial charge on any atom is -0.507 e. The van der Waals surface area contributed by atoms with E-state index in [9.17, 15) is 13.2 Å². The topological polar surface area (TPSA) is 29.5 Å². The quantitative estimate of drug-likeness (QED) is 0.697. The van der Waals surface area contributed by atoms with Gasteiger partial charge in [-0.3, -0.25) is 0 Å². The monoisotopic (exact) mass is 210 g/mol. The molecular formula is C7H5F3O2S. The van der Waals surface area contributed by atoms with Gasteiger partial charge in [-0.2, -0.15) is 0 Å². The van der Waals surface area contributed by atoms with Crippen LogP contribution in [-0.4, -0.2) is 11.5 Å². The van der Waals surface area contributed by atoms with E-state index in [0.29, 0.717) is 0 Å². The number of rotatable bonds is 1. The van der Waals surface area contributed by atoms with Gasteiger partial charge in [-0.05, 0) is 12.1 Å². The largest absolute Gasteiger partial charge is 0.573 e. The van der Waals surface area contributed by atoms with Crippen molar-refractivity contribution in [2.24, 2.45) is 0 Å². The lowest BCUT2D eigenvalue weighted by molar-refractivity contribution is -0.274. The van der Waals surface area contributed by atoms with Crippen molar-refractivity contribution in [3.63, 3.8) is 0 Å². The highest BCUT2D eigenvalue weighted by molar-refractivity contribution is 7.80. The molecule has 0 aromatic heterocycles. The van der Waals surface area contributed by atoms with Gasteiger partial charge in [-0.25, -0.2) is 0 Å². The number of hydrogen-bond acceptors (Lipinski definition) is 3. The number of alkyl halides is 3. The Balaban J connectivity index is 2.86. The van der Waals surface area contributed by atoms with Crippen molar-refractivity contribution < 1.29 is 23.0 Å². The molecular weight excluding hydrogens is 205 g/mol. The number of thiol groups is 1. The van der Waals surface area contributed by atoms with Gasteiger partial charge in [0.2, 0.25) is 0 Å². The molecule has 0 fully saturated rings. The second kappa shape index (κ2) is 3.37. The van der Waals surface area contributed by atoms with Crippen LogP contribution in [0.25, 0.3) is 0 Å². The van der Waals surface area contributed by atoms with Gasteiger partial charge in [0.1, 0.15) is 11.5 Å². The lowest BCUT2D eigenvalue weighted by Gasteiger charge is -2.09. The molecule has 0 saturated carbocycles. The fraction of sp³-hybridized carbons (Fsp3) is 0.143. The van der Waals surface area contributed by atoms with Crippen molar-refractivity contribution in [1.82, 2.24) is 0 Å². The molecule has 0 amide bonds. The zero-order valence-corrected chi connectivity index (χ0v) is 7.06. The number of phenols is 1. The fourth-order valence-electron chi connectivity index (χ4n) is 0.700. The van der Waals surface area contributed by atoms with Gasteiger partial charge in [-0.1, -0.05) is 0 Å². The Bertz CT molecular complexity index is 311. The minimum absolute atomic E-state index is 0.189. The maximum Gasteiger partial charge on any atom is 0.573 e. The summed E-state index contributed by atoms with van der Waals surface area (Å²) in [6, 6.07) is 3.12. The van der Waals surface area contributed by atoms with Crippen molar-refractivity contribution in [2.75, 3.05) is 0 Å². The molecule has 0 radical (unpaired) electrons. The Kier molecular flexibility index (Phi) is 2.60. The number of hydrogen-bond donors (Lipinski definition) is 2. The van der Waals surface area contributed by atoms with Crippen LogP contribution in [0.4, 0.5) is 13.2 Å². The van der Waals surface area contributed by atoms with Crippen LogP contribution in [0.15, 0.2) is 23.1 Å². The number of aromatic hydroxyl groups is 1. The summed E-state index contributed by atoms with van der Waals surface area (Å²) in [5, 5.41) is 8.97. The molecule has 2 nitrogen and oxygen atoms in total. The van der Waals surface area contributed by atoms with E-state index in [1.54, 1.807) is 0 Å². The summed E-state index contributed by atoms with van der Waals surface area (Å²) in [6.07, 6.45) is -4.75. The van der Waals surface area contributed by atoms with E-state index in [0.717, 1.165) is 12.1 Å². The maximum absolute atomic E-state index is 11.7. The third-order valence-electron chi connectivity index (χ3n) is 1.18. The van der Waals surface area contributed by atoms with Gasteiger partial charge in [-0.15, -0.1) is 25.8 Å². The summed E-state index contributed by atoms with van der Waals surface area (Å²) in [5.74, 6) is -0.826. The lowest BCUT2D eigenvalue weighted by Crippen LogP contribution is -2.16. The van der Waals surface area contributed by atoms with E-state index in [4.69, 9.17) is 5.11 Å². The van der Waals surface area contributed by atoms with Gasteiger partial charge < -0.3 is 9.84 Å². The molecule has 0 spiro atoms. The van der Waals surface area contributed by atoms with Crippen molar-refractivity contribution >= 4 is 12.6 Å². The number of halogens is 3. The second-order valence-corrected chi connectivity index (χ2v) is 2.68. The third kappa shape index (κ3) is 3.06. The highest BCUT2D eigenvalue weighted by atomic mass is 32.1. The Morgan fingerprint density at radius 3 is 2.38 bits per heavy atom. The Labute approximate surface area is 77.4 Å². The lowest BCUT2D eigenvalue weighted by atomic mass is 10.3. The molecule has 0 aliphatic carbocycles.